The van der Waals surface area contributed by atoms with Crippen molar-refractivity contribution in [3.05, 3.63) is 64.1 Å². The first kappa shape index (κ1) is 13.8. The lowest BCUT2D eigenvalue weighted by molar-refractivity contribution is 0.528. The molecule has 5 nitrogen and oxygen atoms in total. The number of anilines is 2. The number of fused-ring (bicyclic) bond motifs is 3. The van der Waals surface area contributed by atoms with Crippen LogP contribution < -0.4 is 16.7 Å². The van der Waals surface area contributed by atoms with Crippen molar-refractivity contribution in [2.45, 2.75) is 19.4 Å². The van der Waals surface area contributed by atoms with Crippen molar-refractivity contribution in [2.24, 2.45) is 0 Å². The van der Waals surface area contributed by atoms with Crippen molar-refractivity contribution >= 4 is 22.4 Å². The normalized spacial score (nSPS) is 16.8. The van der Waals surface area contributed by atoms with Crippen LogP contribution in [0, 0.1) is 6.92 Å². The summed E-state index contributed by atoms with van der Waals surface area (Å²) in [6.07, 6.45) is 0. The number of hydrogen-bond acceptors (Lipinski definition) is 4. The summed E-state index contributed by atoms with van der Waals surface area (Å²) in [5.41, 5.74) is 9.51. The van der Waals surface area contributed by atoms with Crippen molar-refractivity contribution in [3.8, 4) is 0 Å². The molecule has 3 aromatic rings. The molecule has 0 bridgehead atoms. The molecule has 1 atom stereocenters. The van der Waals surface area contributed by atoms with E-state index in [4.69, 9.17) is 5.73 Å². The van der Waals surface area contributed by atoms with Gasteiger partial charge in [-0.1, -0.05) is 18.2 Å². The van der Waals surface area contributed by atoms with Gasteiger partial charge in [0.2, 0.25) is 0 Å². The molecule has 0 saturated carbocycles. The van der Waals surface area contributed by atoms with Gasteiger partial charge in [0, 0.05) is 30.1 Å². The lowest BCUT2D eigenvalue weighted by Crippen LogP contribution is -2.35. The van der Waals surface area contributed by atoms with Crippen LogP contribution >= 0.6 is 0 Å². The molecule has 5 heteroatoms. The van der Waals surface area contributed by atoms with E-state index in [0.717, 1.165) is 34.5 Å². The van der Waals surface area contributed by atoms with E-state index in [-0.39, 0.29) is 11.6 Å². The maximum atomic E-state index is 12.4. The zero-order chi connectivity index (χ0) is 16.0. The number of rotatable bonds is 1. The second-order valence-electron chi connectivity index (χ2n) is 6.06. The Kier molecular flexibility index (Phi) is 3.08. The number of benzene rings is 2. The van der Waals surface area contributed by atoms with Crippen LogP contribution in [-0.2, 0) is 6.54 Å². The van der Waals surface area contributed by atoms with Crippen LogP contribution in [0.25, 0.3) is 10.9 Å². The van der Waals surface area contributed by atoms with Crippen molar-refractivity contribution in [1.29, 1.82) is 0 Å². The highest BCUT2D eigenvalue weighted by Crippen LogP contribution is 2.30. The molecule has 116 valence electrons. The van der Waals surface area contributed by atoms with Gasteiger partial charge >= 0.3 is 5.69 Å². The predicted octanol–water partition coefficient (Wildman–Crippen LogP) is 2.50. The van der Waals surface area contributed by atoms with Crippen LogP contribution in [-0.4, -0.2) is 16.1 Å². The molecule has 4 rings (SSSR count). The molecule has 23 heavy (non-hydrogen) atoms. The first-order valence-corrected chi connectivity index (χ1v) is 7.73. The Bertz CT molecular complexity index is 961. The van der Waals surface area contributed by atoms with Crippen LogP contribution in [0.15, 0.2) is 47.3 Å². The van der Waals surface area contributed by atoms with Crippen molar-refractivity contribution in [3.63, 3.8) is 0 Å². The highest BCUT2D eigenvalue weighted by atomic mass is 16.1. The maximum Gasteiger partial charge on any atom is 0.349 e. The topological polar surface area (TPSA) is 72.9 Å². The van der Waals surface area contributed by atoms with Gasteiger partial charge in [-0.05, 0) is 42.3 Å². The van der Waals surface area contributed by atoms with Gasteiger partial charge in [-0.3, -0.25) is 4.57 Å². The van der Waals surface area contributed by atoms with Crippen LogP contribution in [0.4, 0.5) is 11.5 Å². The second kappa shape index (κ2) is 5.12. The Hall–Kier alpha value is -2.82. The van der Waals surface area contributed by atoms with Crippen LogP contribution in [0.1, 0.15) is 17.0 Å². The number of aryl methyl sites for hydroxylation is 1. The minimum atomic E-state index is -0.205. The van der Waals surface area contributed by atoms with Gasteiger partial charge in [0.05, 0.1) is 5.52 Å². The smallest absolute Gasteiger partial charge is 0.349 e. The number of nitrogen functional groups attached to an aromatic ring is 1. The van der Waals surface area contributed by atoms with E-state index >= 15 is 0 Å². The zero-order valence-corrected chi connectivity index (χ0v) is 12.9. The Balaban J connectivity index is 1.80. The Morgan fingerprint density at radius 1 is 1.26 bits per heavy atom. The summed E-state index contributed by atoms with van der Waals surface area (Å²) >= 11 is 0. The SMILES string of the molecule is Cc1cc(N)ccc1[C@H]1CNc2c3ccccc3nc(=O)n2C1. The molecular weight excluding hydrogens is 288 g/mol. The minimum Gasteiger partial charge on any atom is -0.399 e. The van der Waals surface area contributed by atoms with Crippen molar-refractivity contribution < 1.29 is 0 Å². The second-order valence-corrected chi connectivity index (χ2v) is 6.06. The summed E-state index contributed by atoms with van der Waals surface area (Å²) in [4.78, 5) is 16.6. The first-order chi connectivity index (χ1) is 11.1. The summed E-state index contributed by atoms with van der Waals surface area (Å²) in [7, 11) is 0. The summed E-state index contributed by atoms with van der Waals surface area (Å²) < 4.78 is 1.74. The Morgan fingerprint density at radius 2 is 2.09 bits per heavy atom. The molecule has 0 amide bonds. The molecule has 0 radical (unpaired) electrons. The first-order valence-electron chi connectivity index (χ1n) is 7.73. The molecule has 0 fully saturated rings. The van der Waals surface area contributed by atoms with E-state index in [9.17, 15) is 4.79 Å². The molecule has 3 N–H and O–H groups in total. The molecule has 0 aliphatic carbocycles. The quantitative estimate of drug-likeness (QED) is 0.678. The summed E-state index contributed by atoms with van der Waals surface area (Å²) in [5.74, 6) is 1.09. The number of hydrogen-bond donors (Lipinski definition) is 2. The predicted molar refractivity (Wildman–Crippen MR) is 92.8 cm³/mol. The monoisotopic (exact) mass is 306 g/mol. The van der Waals surface area contributed by atoms with Gasteiger partial charge in [0.25, 0.3) is 0 Å². The number of aromatic nitrogens is 2. The van der Waals surface area contributed by atoms with Gasteiger partial charge in [-0.2, -0.15) is 4.98 Å². The lowest BCUT2D eigenvalue weighted by Gasteiger charge is -2.29. The molecule has 1 aromatic heterocycles. The zero-order valence-electron chi connectivity index (χ0n) is 12.9. The molecule has 2 aromatic carbocycles. The molecule has 2 heterocycles. The number of nitrogens with zero attached hydrogens (tertiary/aromatic N) is 2. The molecule has 1 aliphatic heterocycles. The van der Waals surface area contributed by atoms with E-state index in [1.807, 2.05) is 36.4 Å². The fraction of sp³-hybridized carbons (Fsp3) is 0.222. The highest BCUT2D eigenvalue weighted by Gasteiger charge is 2.23. The van der Waals surface area contributed by atoms with Gasteiger partial charge in [0.1, 0.15) is 5.82 Å². The fourth-order valence-corrected chi connectivity index (χ4v) is 3.41. The summed E-state index contributed by atoms with van der Waals surface area (Å²) in [6.45, 7) is 3.48. The fourth-order valence-electron chi connectivity index (χ4n) is 3.41. The van der Waals surface area contributed by atoms with Crippen molar-refractivity contribution in [2.75, 3.05) is 17.6 Å². The van der Waals surface area contributed by atoms with E-state index in [1.54, 1.807) is 4.57 Å². The number of nitrogens with one attached hydrogen (secondary N) is 1. The van der Waals surface area contributed by atoms with Gasteiger partial charge in [-0.25, -0.2) is 4.79 Å². The van der Waals surface area contributed by atoms with Crippen molar-refractivity contribution in [1.82, 2.24) is 9.55 Å². The lowest BCUT2D eigenvalue weighted by atomic mass is 9.93. The van der Waals surface area contributed by atoms with Gasteiger partial charge < -0.3 is 11.1 Å². The van der Waals surface area contributed by atoms with Crippen LogP contribution in [0.2, 0.25) is 0 Å². The third-order valence-corrected chi connectivity index (χ3v) is 4.53. The summed E-state index contributed by atoms with van der Waals surface area (Å²) in [5, 5.41) is 4.41. The van der Waals surface area contributed by atoms with E-state index in [0.29, 0.717) is 6.54 Å². The number of para-hydroxylation sites is 1. The molecule has 0 saturated heterocycles. The third kappa shape index (κ3) is 2.25. The molecule has 0 unspecified atom stereocenters. The van der Waals surface area contributed by atoms with E-state index in [1.165, 1.54) is 5.56 Å². The summed E-state index contributed by atoms with van der Waals surface area (Å²) in [6, 6.07) is 13.7. The Morgan fingerprint density at radius 3 is 2.91 bits per heavy atom. The average Bonchev–Trinajstić information content (AvgIpc) is 2.55. The average molecular weight is 306 g/mol. The Labute approximate surface area is 133 Å². The standard InChI is InChI=1S/C18H18N4O/c1-11-8-13(19)6-7-14(11)12-9-20-17-15-4-2-3-5-16(15)21-18(23)22(17)10-12/h2-8,12,20H,9-10,19H2,1H3/t12-/m0/s1. The maximum absolute atomic E-state index is 12.4. The van der Waals surface area contributed by atoms with Gasteiger partial charge in [-0.15, -0.1) is 0 Å². The molecule has 0 spiro atoms. The van der Waals surface area contributed by atoms with Gasteiger partial charge in [0.15, 0.2) is 0 Å². The number of nitrogens with two attached hydrogens (primary N) is 1. The van der Waals surface area contributed by atoms with Crippen LogP contribution in [0.5, 0.6) is 0 Å². The van der Waals surface area contributed by atoms with E-state index < -0.39 is 0 Å². The largest absolute Gasteiger partial charge is 0.399 e. The minimum absolute atomic E-state index is 0.205. The third-order valence-electron chi connectivity index (χ3n) is 4.53. The van der Waals surface area contributed by atoms with E-state index in [2.05, 4.69) is 23.3 Å². The molecular formula is C18H18N4O. The highest BCUT2D eigenvalue weighted by molar-refractivity contribution is 5.89. The van der Waals surface area contributed by atoms with Crippen LogP contribution in [0.3, 0.4) is 0 Å². The molecule has 1 aliphatic rings.